The minimum atomic E-state index is 0.500. The van der Waals surface area contributed by atoms with Crippen LogP contribution >= 0.6 is 0 Å². The second-order valence-electron chi connectivity index (χ2n) is 6.23. The fourth-order valence-electron chi connectivity index (χ4n) is 2.87. The number of fused-ring (bicyclic) bond motifs is 2. The Morgan fingerprint density at radius 1 is 0.600 bits per heavy atom. The molecule has 2 aromatic rings. The molecule has 20 heavy (non-hydrogen) atoms. The molecule has 0 atom stereocenters. The van der Waals surface area contributed by atoms with Crippen molar-refractivity contribution < 1.29 is 9.47 Å². The lowest BCUT2D eigenvalue weighted by Crippen LogP contribution is -1.84. The Kier molecular flexibility index (Phi) is 2.24. The van der Waals surface area contributed by atoms with Gasteiger partial charge in [0.05, 0.1) is 0 Å². The van der Waals surface area contributed by atoms with Crippen LogP contribution in [0, 0.1) is 0 Å². The summed E-state index contributed by atoms with van der Waals surface area (Å²) in [6.07, 6.45) is 0. The lowest BCUT2D eigenvalue weighted by atomic mass is 9.96. The molecule has 0 unspecified atom stereocenters. The zero-order valence-electron chi connectivity index (χ0n) is 12.3. The molecule has 2 aromatic carbocycles. The third kappa shape index (κ3) is 1.57. The van der Waals surface area contributed by atoms with Gasteiger partial charge in [-0.15, -0.1) is 0 Å². The van der Waals surface area contributed by atoms with E-state index in [1.54, 1.807) is 0 Å². The number of rotatable bonds is 3. The summed E-state index contributed by atoms with van der Waals surface area (Å²) in [6, 6.07) is 8.68. The third-order valence-corrected chi connectivity index (χ3v) is 4.14. The molecule has 2 aliphatic heterocycles. The van der Waals surface area contributed by atoms with Crippen molar-refractivity contribution >= 4 is 0 Å². The summed E-state index contributed by atoms with van der Waals surface area (Å²) in [5.41, 5.74) is 4.91. The van der Waals surface area contributed by atoms with Crippen molar-refractivity contribution in [2.45, 2.75) is 39.5 Å². The molecule has 2 aliphatic rings. The van der Waals surface area contributed by atoms with Gasteiger partial charge in [-0.25, -0.2) is 0 Å². The average Bonchev–Trinajstić information content (AvgIpc) is 3.27. The Hall–Kier alpha value is -1.96. The van der Waals surface area contributed by atoms with Crippen LogP contribution in [0.3, 0.4) is 0 Å². The molecule has 2 heteroatoms. The number of hydrogen-bond acceptors (Lipinski definition) is 2. The molecular weight excluding hydrogens is 248 g/mol. The summed E-state index contributed by atoms with van der Waals surface area (Å²) >= 11 is 0. The van der Waals surface area contributed by atoms with E-state index in [9.17, 15) is 0 Å². The third-order valence-electron chi connectivity index (χ3n) is 4.14. The summed E-state index contributed by atoms with van der Waals surface area (Å²) in [6.45, 7) is 8.77. The van der Waals surface area contributed by atoms with Crippen LogP contribution in [0.4, 0.5) is 0 Å². The highest BCUT2D eigenvalue weighted by Gasteiger charge is 2.36. The van der Waals surface area contributed by atoms with Gasteiger partial charge >= 0.3 is 0 Å². The van der Waals surface area contributed by atoms with Gasteiger partial charge in [-0.1, -0.05) is 39.8 Å². The Balaban J connectivity index is 1.78. The van der Waals surface area contributed by atoms with Crippen LogP contribution in [-0.4, -0.2) is 0 Å². The molecule has 102 valence electrons. The number of ether oxygens (including phenoxy) is 2. The summed E-state index contributed by atoms with van der Waals surface area (Å²) in [5, 5.41) is 0. The van der Waals surface area contributed by atoms with Gasteiger partial charge < -0.3 is 9.47 Å². The second-order valence-corrected chi connectivity index (χ2v) is 6.23. The maximum absolute atomic E-state index is 5.72. The molecule has 0 bridgehead atoms. The van der Waals surface area contributed by atoms with Crippen LogP contribution in [-0.2, 0) is 0 Å². The standard InChI is InChI=1S/C18H18O2/c1-9(2)11-5-7-13(17-15(11)19-17)14-8-6-12(10(3)4)16-18(14)20-16/h5-10H,1-4H3. The SMILES string of the molecule is CC(C)c1ccc(-c2ccc(C(C)C)c3c2O3)c2c1O2. The smallest absolute Gasteiger partial charge is 0.178 e. The molecule has 4 rings (SSSR count). The highest BCUT2D eigenvalue weighted by Crippen LogP contribution is 2.62. The topological polar surface area (TPSA) is 25.1 Å². The van der Waals surface area contributed by atoms with Gasteiger partial charge in [0.25, 0.3) is 0 Å². The summed E-state index contributed by atoms with van der Waals surface area (Å²) < 4.78 is 11.4. The van der Waals surface area contributed by atoms with E-state index in [1.807, 2.05) is 0 Å². The van der Waals surface area contributed by atoms with Crippen LogP contribution in [0.15, 0.2) is 24.3 Å². The zero-order valence-corrected chi connectivity index (χ0v) is 12.3. The van der Waals surface area contributed by atoms with Crippen molar-refractivity contribution in [3.8, 4) is 34.1 Å². The second kappa shape index (κ2) is 3.78. The molecule has 0 amide bonds. The van der Waals surface area contributed by atoms with Crippen molar-refractivity contribution in [2.24, 2.45) is 0 Å². The molecule has 0 saturated carbocycles. The molecule has 0 aromatic heterocycles. The highest BCUT2D eigenvalue weighted by atomic mass is 16.6. The quantitative estimate of drug-likeness (QED) is 0.437. The number of benzene rings is 2. The molecule has 0 radical (unpaired) electrons. The first-order valence-corrected chi connectivity index (χ1v) is 7.27. The van der Waals surface area contributed by atoms with E-state index in [4.69, 9.17) is 9.47 Å². The first-order valence-electron chi connectivity index (χ1n) is 7.27. The molecule has 0 spiro atoms. The van der Waals surface area contributed by atoms with Crippen molar-refractivity contribution in [1.82, 2.24) is 0 Å². The predicted octanol–water partition coefficient (Wildman–Crippen LogP) is 5.81. The summed E-state index contributed by atoms with van der Waals surface area (Å²) in [5.74, 6) is 5.21. The molecule has 2 heterocycles. The van der Waals surface area contributed by atoms with Crippen molar-refractivity contribution in [3.05, 3.63) is 35.4 Å². The van der Waals surface area contributed by atoms with Crippen molar-refractivity contribution in [2.75, 3.05) is 0 Å². The Bertz CT molecular complexity index is 663. The summed E-state index contributed by atoms with van der Waals surface area (Å²) in [7, 11) is 0. The fourth-order valence-corrected chi connectivity index (χ4v) is 2.87. The molecule has 0 aliphatic carbocycles. The van der Waals surface area contributed by atoms with E-state index < -0.39 is 0 Å². The average molecular weight is 266 g/mol. The van der Waals surface area contributed by atoms with Gasteiger partial charge in [0.15, 0.2) is 23.0 Å². The van der Waals surface area contributed by atoms with Crippen molar-refractivity contribution in [1.29, 1.82) is 0 Å². The minimum Gasteiger partial charge on any atom is -0.449 e. The molecule has 0 saturated heterocycles. The van der Waals surface area contributed by atoms with Crippen LogP contribution in [0.5, 0.6) is 23.0 Å². The maximum Gasteiger partial charge on any atom is 0.178 e. The first kappa shape index (κ1) is 11.8. The zero-order chi connectivity index (χ0) is 14.0. The van der Waals surface area contributed by atoms with Crippen LogP contribution in [0.25, 0.3) is 11.1 Å². The van der Waals surface area contributed by atoms with Gasteiger partial charge in [-0.3, -0.25) is 0 Å². The molecule has 0 N–H and O–H groups in total. The summed E-state index contributed by atoms with van der Waals surface area (Å²) in [4.78, 5) is 0. The van der Waals surface area contributed by atoms with Gasteiger partial charge in [0.2, 0.25) is 0 Å². The van der Waals surface area contributed by atoms with Crippen LogP contribution < -0.4 is 9.47 Å². The first-order chi connectivity index (χ1) is 9.58. The van der Waals surface area contributed by atoms with Gasteiger partial charge in [0.1, 0.15) is 0 Å². The van der Waals surface area contributed by atoms with E-state index in [0.717, 1.165) is 34.1 Å². The van der Waals surface area contributed by atoms with Gasteiger partial charge in [0, 0.05) is 22.3 Å². The van der Waals surface area contributed by atoms with E-state index >= 15 is 0 Å². The molecule has 0 fully saturated rings. The lowest BCUT2D eigenvalue weighted by Gasteiger charge is -2.03. The Labute approximate surface area is 119 Å². The normalized spacial score (nSPS) is 13.7. The maximum atomic E-state index is 5.72. The van der Waals surface area contributed by atoms with E-state index in [0.29, 0.717) is 11.8 Å². The molecule has 2 nitrogen and oxygen atoms in total. The Morgan fingerprint density at radius 2 is 1.00 bits per heavy atom. The fraction of sp³-hybridized carbons (Fsp3) is 0.333. The van der Waals surface area contributed by atoms with Crippen molar-refractivity contribution in [3.63, 3.8) is 0 Å². The van der Waals surface area contributed by atoms with Crippen LogP contribution in [0.2, 0.25) is 0 Å². The molecular formula is C18H18O2. The van der Waals surface area contributed by atoms with Crippen LogP contribution in [0.1, 0.15) is 50.7 Å². The van der Waals surface area contributed by atoms with Gasteiger partial charge in [-0.2, -0.15) is 0 Å². The Morgan fingerprint density at radius 3 is 1.35 bits per heavy atom. The minimum absolute atomic E-state index is 0.500. The highest BCUT2D eigenvalue weighted by molar-refractivity contribution is 5.89. The van der Waals surface area contributed by atoms with E-state index in [-0.39, 0.29) is 0 Å². The lowest BCUT2D eigenvalue weighted by molar-refractivity contribution is 0.635. The van der Waals surface area contributed by atoms with Gasteiger partial charge in [-0.05, 0) is 24.0 Å². The van der Waals surface area contributed by atoms with E-state index in [2.05, 4.69) is 52.0 Å². The van der Waals surface area contributed by atoms with E-state index in [1.165, 1.54) is 11.1 Å². The number of hydrogen-bond donors (Lipinski definition) is 0. The monoisotopic (exact) mass is 266 g/mol. The largest absolute Gasteiger partial charge is 0.449 e. The predicted molar refractivity (Wildman–Crippen MR) is 80.2 cm³/mol.